The van der Waals surface area contributed by atoms with E-state index in [4.69, 9.17) is 5.84 Å². The van der Waals surface area contributed by atoms with Gasteiger partial charge in [-0.25, -0.2) is 15.8 Å². The molecule has 17 heavy (non-hydrogen) atoms. The summed E-state index contributed by atoms with van der Waals surface area (Å²) in [6, 6.07) is 3.96. The van der Waals surface area contributed by atoms with Gasteiger partial charge in [-0.3, -0.25) is 0 Å². The lowest BCUT2D eigenvalue weighted by molar-refractivity contribution is 1.09. The molecule has 2 heterocycles. The van der Waals surface area contributed by atoms with Crippen LogP contribution in [0.25, 0.3) is 0 Å². The lowest BCUT2D eigenvalue weighted by Gasteiger charge is -2.04. The van der Waals surface area contributed by atoms with Gasteiger partial charge in [-0.05, 0) is 25.5 Å². The molecule has 0 saturated heterocycles. The fraction of sp³-hybridized carbons (Fsp3) is 0.273. The Balaban J connectivity index is 2.01. The molecule has 0 fully saturated rings. The van der Waals surface area contributed by atoms with Gasteiger partial charge in [0.25, 0.3) is 0 Å². The molecule has 2 rings (SSSR count). The van der Waals surface area contributed by atoms with E-state index in [2.05, 4.69) is 40.6 Å². The summed E-state index contributed by atoms with van der Waals surface area (Å²) in [7, 11) is 0. The maximum absolute atomic E-state index is 5.28. The number of hydrazine groups is 1. The molecule has 0 aromatic carbocycles. The monoisotopic (exact) mass is 249 g/mol. The zero-order chi connectivity index (χ0) is 12.3. The van der Waals surface area contributed by atoms with Crippen LogP contribution in [0.3, 0.4) is 0 Å². The van der Waals surface area contributed by atoms with E-state index in [1.807, 2.05) is 0 Å². The highest BCUT2D eigenvalue weighted by molar-refractivity contribution is 7.12. The number of hydrogen-bond donors (Lipinski definition) is 3. The first-order chi connectivity index (χ1) is 8.19. The van der Waals surface area contributed by atoms with Gasteiger partial charge in [-0.15, -0.1) is 11.3 Å². The summed E-state index contributed by atoms with van der Waals surface area (Å²) in [5.74, 6) is 6.64. The van der Waals surface area contributed by atoms with E-state index in [0.717, 1.165) is 12.4 Å². The van der Waals surface area contributed by atoms with Crippen LogP contribution in [0.5, 0.6) is 0 Å². The van der Waals surface area contributed by atoms with E-state index in [1.54, 1.807) is 17.4 Å². The standard InChI is InChI=1S/C11H15N5S/c1-7-3-9(17-8(7)2)5-13-10-4-11(16-12)15-6-14-10/h3-4,6H,5,12H2,1-2H3,(H2,13,14,15,16). The average Bonchev–Trinajstić information content (AvgIpc) is 2.67. The molecule has 6 heteroatoms. The van der Waals surface area contributed by atoms with Gasteiger partial charge in [-0.1, -0.05) is 0 Å². The molecule has 0 bridgehead atoms. The van der Waals surface area contributed by atoms with Crippen LogP contribution in [0.15, 0.2) is 18.5 Å². The zero-order valence-corrected chi connectivity index (χ0v) is 10.6. The maximum Gasteiger partial charge on any atom is 0.145 e. The zero-order valence-electron chi connectivity index (χ0n) is 9.82. The number of nitrogens with one attached hydrogen (secondary N) is 2. The fourth-order valence-corrected chi connectivity index (χ4v) is 2.44. The van der Waals surface area contributed by atoms with Gasteiger partial charge < -0.3 is 10.7 Å². The number of thiophene rings is 1. The van der Waals surface area contributed by atoms with Gasteiger partial charge >= 0.3 is 0 Å². The minimum absolute atomic E-state index is 0.598. The predicted molar refractivity (Wildman–Crippen MR) is 71.0 cm³/mol. The third-order valence-electron chi connectivity index (χ3n) is 2.48. The molecular formula is C11H15N5S. The summed E-state index contributed by atoms with van der Waals surface area (Å²) in [6.45, 7) is 5.02. The van der Waals surface area contributed by atoms with Crippen LogP contribution in [0, 0.1) is 13.8 Å². The number of nitrogen functional groups attached to an aromatic ring is 1. The van der Waals surface area contributed by atoms with E-state index in [1.165, 1.54) is 21.6 Å². The fourth-order valence-electron chi connectivity index (χ4n) is 1.45. The predicted octanol–water partition coefficient (Wildman–Crippen LogP) is 2.05. The Bertz CT molecular complexity index is 489. The first-order valence-corrected chi connectivity index (χ1v) is 6.09. The third kappa shape index (κ3) is 2.92. The molecule has 0 aliphatic rings. The van der Waals surface area contributed by atoms with E-state index in [0.29, 0.717) is 5.82 Å². The molecule has 0 radical (unpaired) electrons. The van der Waals surface area contributed by atoms with Crippen molar-refractivity contribution < 1.29 is 0 Å². The molecule has 0 unspecified atom stereocenters. The molecule has 5 nitrogen and oxygen atoms in total. The second-order valence-electron chi connectivity index (χ2n) is 3.74. The van der Waals surface area contributed by atoms with Crippen LogP contribution >= 0.6 is 11.3 Å². The number of rotatable bonds is 4. The van der Waals surface area contributed by atoms with E-state index < -0.39 is 0 Å². The van der Waals surface area contributed by atoms with Crippen molar-refractivity contribution in [3.63, 3.8) is 0 Å². The number of aromatic nitrogens is 2. The van der Waals surface area contributed by atoms with E-state index in [-0.39, 0.29) is 0 Å². The Hall–Kier alpha value is -1.66. The molecular weight excluding hydrogens is 234 g/mol. The van der Waals surface area contributed by atoms with Gasteiger partial charge in [0.05, 0.1) is 6.54 Å². The smallest absolute Gasteiger partial charge is 0.145 e. The number of anilines is 2. The normalized spacial score (nSPS) is 10.3. The maximum atomic E-state index is 5.28. The summed E-state index contributed by atoms with van der Waals surface area (Å²) in [5.41, 5.74) is 3.82. The van der Waals surface area contributed by atoms with Crippen LogP contribution in [0.4, 0.5) is 11.6 Å². The summed E-state index contributed by atoms with van der Waals surface area (Å²) in [6.07, 6.45) is 1.47. The molecule has 2 aromatic heterocycles. The number of nitrogens with two attached hydrogens (primary N) is 1. The third-order valence-corrected chi connectivity index (χ3v) is 3.63. The van der Waals surface area contributed by atoms with Crippen molar-refractivity contribution in [2.75, 3.05) is 10.7 Å². The van der Waals surface area contributed by atoms with Crippen molar-refractivity contribution in [2.45, 2.75) is 20.4 Å². The summed E-state index contributed by atoms with van der Waals surface area (Å²) in [5, 5.41) is 3.24. The van der Waals surface area contributed by atoms with Crippen LogP contribution in [0.1, 0.15) is 15.3 Å². The van der Waals surface area contributed by atoms with Gasteiger partial charge in [-0.2, -0.15) is 0 Å². The van der Waals surface area contributed by atoms with Crippen molar-refractivity contribution >= 4 is 23.0 Å². The number of aryl methyl sites for hydroxylation is 2. The number of hydrogen-bond acceptors (Lipinski definition) is 6. The molecule has 0 atom stereocenters. The molecule has 90 valence electrons. The SMILES string of the molecule is Cc1cc(CNc2cc(NN)ncn2)sc1C. The Kier molecular flexibility index (Phi) is 3.55. The first kappa shape index (κ1) is 11.8. The van der Waals surface area contributed by atoms with Crippen LogP contribution in [0.2, 0.25) is 0 Å². The molecule has 4 N–H and O–H groups in total. The lowest BCUT2D eigenvalue weighted by atomic mass is 10.3. The van der Waals surface area contributed by atoms with Gasteiger partial charge in [0, 0.05) is 15.8 Å². The Morgan fingerprint density at radius 3 is 2.65 bits per heavy atom. The minimum atomic E-state index is 0.598. The van der Waals surface area contributed by atoms with Gasteiger partial charge in [0.15, 0.2) is 0 Å². The molecule has 0 saturated carbocycles. The van der Waals surface area contributed by atoms with Gasteiger partial charge in [0.2, 0.25) is 0 Å². The van der Waals surface area contributed by atoms with Crippen LogP contribution in [-0.2, 0) is 6.54 Å². The van der Waals surface area contributed by atoms with Crippen molar-refractivity contribution in [3.8, 4) is 0 Å². The van der Waals surface area contributed by atoms with Crippen LogP contribution < -0.4 is 16.6 Å². The highest BCUT2D eigenvalue weighted by Gasteiger charge is 2.02. The quantitative estimate of drug-likeness (QED) is 0.571. The summed E-state index contributed by atoms with van der Waals surface area (Å²) < 4.78 is 0. The Morgan fingerprint density at radius 2 is 2.00 bits per heavy atom. The highest BCUT2D eigenvalue weighted by atomic mass is 32.1. The second-order valence-corrected chi connectivity index (χ2v) is 5.08. The first-order valence-electron chi connectivity index (χ1n) is 5.27. The molecule has 0 aliphatic heterocycles. The van der Waals surface area contributed by atoms with Gasteiger partial charge in [0.1, 0.15) is 18.0 Å². The van der Waals surface area contributed by atoms with Crippen molar-refractivity contribution in [2.24, 2.45) is 5.84 Å². The molecule has 0 amide bonds. The summed E-state index contributed by atoms with van der Waals surface area (Å²) >= 11 is 1.80. The highest BCUT2D eigenvalue weighted by Crippen LogP contribution is 2.21. The molecule has 2 aromatic rings. The molecule has 0 spiro atoms. The van der Waals surface area contributed by atoms with E-state index >= 15 is 0 Å². The number of nitrogens with zero attached hydrogens (tertiary/aromatic N) is 2. The van der Waals surface area contributed by atoms with Crippen LogP contribution in [-0.4, -0.2) is 9.97 Å². The van der Waals surface area contributed by atoms with Crippen molar-refractivity contribution in [1.29, 1.82) is 0 Å². The largest absolute Gasteiger partial charge is 0.365 e. The average molecular weight is 249 g/mol. The lowest BCUT2D eigenvalue weighted by Crippen LogP contribution is -2.09. The van der Waals surface area contributed by atoms with Crippen molar-refractivity contribution in [3.05, 3.63) is 33.8 Å². The van der Waals surface area contributed by atoms with E-state index in [9.17, 15) is 0 Å². The minimum Gasteiger partial charge on any atom is -0.365 e. The molecule has 0 aliphatic carbocycles. The summed E-state index contributed by atoms with van der Waals surface area (Å²) in [4.78, 5) is 10.7. The topological polar surface area (TPSA) is 75.9 Å². The van der Waals surface area contributed by atoms with Crippen molar-refractivity contribution in [1.82, 2.24) is 9.97 Å². The second kappa shape index (κ2) is 5.11. The Labute approximate surface area is 104 Å². The Morgan fingerprint density at radius 1 is 1.24 bits per heavy atom.